The second kappa shape index (κ2) is 11.3. The standard InChI is InChI=1S/C18H22F3N5O3.C5H9F3O/c1-17(2,3)29-16(28)22-7-14-23-11-5-4-10(6-12(11)24-14)8-26-9-13(18(19,20)21)25-15(26)27;1-4(2,9-3)5(6,7)8/h4-6,13H,7-9H2,1-3H3,(H,22,28)(H,23,24)(H,25,27);1-3H3. The van der Waals surface area contributed by atoms with E-state index in [0.717, 1.165) is 25.9 Å². The maximum Gasteiger partial charge on any atom is 0.416 e. The van der Waals surface area contributed by atoms with Gasteiger partial charge in [-0.1, -0.05) is 6.07 Å². The molecule has 214 valence electrons. The average molecular weight is 556 g/mol. The Morgan fingerprint density at radius 1 is 1.13 bits per heavy atom. The summed E-state index contributed by atoms with van der Waals surface area (Å²) >= 11 is 0. The van der Waals surface area contributed by atoms with Crippen LogP contribution in [-0.4, -0.2) is 70.2 Å². The summed E-state index contributed by atoms with van der Waals surface area (Å²) in [5.74, 6) is 0.499. The molecule has 15 heteroatoms. The molecular formula is C23H31F6N5O4. The van der Waals surface area contributed by atoms with Crippen LogP contribution in [0.1, 0.15) is 46.0 Å². The largest absolute Gasteiger partial charge is 0.444 e. The minimum atomic E-state index is -4.48. The van der Waals surface area contributed by atoms with Gasteiger partial charge in [-0.15, -0.1) is 0 Å². The molecule has 1 aromatic carbocycles. The minimum absolute atomic E-state index is 0.0405. The molecule has 1 aliphatic heterocycles. The quantitative estimate of drug-likeness (QED) is 0.449. The molecule has 0 bridgehead atoms. The Balaban J connectivity index is 0.000000484. The van der Waals surface area contributed by atoms with E-state index in [1.165, 1.54) is 0 Å². The van der Waals surface area contributed by atoms with Gasteiger partial charge in [0.05, 0.1) is 24.1 Å². The van der Waals surface area contributed by atoms with Crippen molar-refractivity contribution < 1.29 is 45.4 Å². The lowest BCUT2D eigenvalue weighted by Gasteiger charge is -2.25. The predicted octanol–water partition coefficient (Wildman–Crippen LogP) is 5.02. The number of carbonyl (C=O) groups is 2. The maximum absolute atomic E-state index is 12.8. The van der Waals surface area contributed by atoms with Crippen molar-refractivity contribution >= 4 is 23.2 Å². The zero-order chi connectivity index (χ0) is 29.1. The van der Waals surface area contributed by atoms with Crippen molar-refractivity contribution in [1.82, 2.24) is 25.5 Å². The Morgan fingerprint density at radius 3 is 2.24 bits per heavy atom. The molecule has 0 radical (unpaired) electrons. The first kappa shape index (κ1) is 31.0. The summed E-state index contributed by atoms with van der Waals surface area (Å²) in [6.07, 6.45) is -9.33. The summed E-state index contributed by atoms with van der Waals surface area (Å²) in [4.78, 5) is 32.0. The fourth-order valence-electron chi connectivity index (χ4n) is 3.01. The molecule has 1 fully saturated rings. The third-order valence-electron chi connectivity index (χ3n) is 5.34. The van der Waals surface area contributed by atoms with Gasteiger partial charge in [0.15, 0.2) is 5.60 Å². The molecule has 0 saturated carbocycles. The highest BCUT2D eigenvalue weighted by atomic mass is 19.4. The van der Waals surface area contributed by atoms with Crippen molar-refractivity contribution in [2.45, 2.75) is 77.3 Å². The van der Waals surface area contributed by atoms with Crippen molar-refractivity contribution in [3.8, 4) is 0 Å². The second-order valence-corrected chi connectivity index (χ2v) is 10.0. The highest BCUT2D eigenvalue weighted by molar-refractivity contribution is 5.78. The lowest BCUT2D eigenvalue weighted by Crippen LogP contribution is -2.40. The number of aromatic nitrogens is 2. The van der Waals surface area contributed by atoms with Gasteiger partial charge in [-0.3, -0.25) is 0 Å². The number of hydrogen-bond donors (Lipinski definition) is 3. The number of urea groups is 1. The smallest absolute Gasteiger partial charge is 0.416 e. The first-order valence-corrected chi connectivity index (χ1v) is 11.4. The monoisotopic (exact) mass is 555 g/mol. The van der Waals surface area contributed by atoms with E-state index >= 15 is 0 Å². The van der Waals surface area contributed by atoms with E-state index in [0.29, 0.717) is 22.4 Å². The second-order valence-electron chi connectivity index (χ2n) is 10.0. The highest BCUT2D eigenvalue weighted by Crippen LogP contribution is 2.31. The van der Waals surface area contributed by atoms with Crippen LogP contribution >= 0.6 is 0 Å². The van der Waals surface area contributed by atoms with Crippen LogP contribution in [0.2, 0.25) is 0 Å². The van der Waals surface area contributed by atoms with Gasteiger partial charge in [0.1, 0.15) is 17.5 Å². The number of rotatable bonds is 5. The molecule has 3 N–H and O–H groups in total. The Morgan fingerprint density at radius 2 is 1.76 bits per heavy atom. The van der Waals surface area contributed by atoms with E-state index in [-0.39, 0.29) is 13.1 Å². The number of fused-ring (bicyclic) bond motifs is 1. The Kier molecular flexibility index (Phi) is 9.18. The van der Waals surface area contributed by atoms with E-state index in [4.69, 9.17) is 4.74 Å². The molecule has 3 amide bonds. The van der Waals surface area contributed by atoms with Crippen LogP contribution < -0.4 is 10.6 Å². The molecule has 38 heavy (non-hydrogen) atoms. The first-order chi connectivity index (χ1) is 17.2. The van der Waals surface area contributed by atoms with Crippen molar-refractivity contribution in [1.29, 1.82) is 0 Å². The summed E-state index contributed by atoms with van der Waals surface area (Å²) in [5.41, 5.74) is -0.692. The highest BCUT2D eigenvalue weighted by Gasteiger charge is 2.48. The molecule has 2 heterocycles. The number of H-pyrrole nitrogens is 1. The van der Waals surface area contributed by atoms with Gasteiger partial charge in [-0.25, -0.2) is 14.6 Å². The molecule has 9 nitrogen and oxygen atoms in total. The zero-order valence-corrected chi connectivity index (χ0v) is 21.7. The average Bonchev–Trinajstić information content (AvgIpc) is 3.33. The molecule has 1 aromatic heterocycles. The number of alkyl halides is 6. The fraction of sp³-hybridized carbons (Fsp3) is 0.609. The molecule has 1 saturated heterocycles. The predicted molar refractivity (Wildman–Crippen MR) is 125 cm³/mol. The summed E-state index contributed by atoms with van der Waals surface area (Å²) in [6.45, 7) is 6.96. The number of imidazole rings is 1. The fourth-order valence-corrected chi connectivity index (χ4v) is 3.01. The number of carbonyl (C=O) groups excluding carboxylic acids is 2. The van der Waals surface area contributed by atoms with Gasteiger partial charge in [-0.05, 0) is 52.3 Å². The number of hydrogen-bond acceptors (Lipinski definition) is 5. The zero-order valence-electron chi connectivity index (χ0n) is 21.7. The number of nitrogens with zero attached hydrogens (tertiary/aromatic N) is 2. The van der Waals surface area contributed by atoms with Gasteiger partial charge in [0, 0.05) is 13.7 Å². The lowest BCUT2D eigenvalue weighted by atomic mass is 10.1. The number of aromatic amines is 1. The van der Waals surface area contributed by atoms with E-state index in [2.05, 4.69) is 20.0 Å². The maximum atomic E-state index is 12.8. The van der Waals surface area contributed by atoms with E-state index < -0.39 is 48.3 Å². The van der Waals surface area contributed by atoms with E-state index in [1.807, 2.05) is 5.32 Å². The van der Waals surface area contributed by atoms with Crippen LogP contribution in [0.25, 0.3) is 11.0 Å². The van der Waals surface area contributed by atoms with Crippen molar-refractivity contribution in [2.75, 3.05) is 13.7 Å². The molecule has 0 spiro atoms. The normalized spacial score (nSPS) is 16.7. The van der Waals surface area contributed by atoms with E-state index in [1.54, 1.807) is 39.0 Å². The molecule has 1 aliphatic rings. The summed E-state index contributed by atoms with van der Waals surface area (Å²) in [6, 6.07) is 2.50. The van der Waals surface area contributed by atoms with Crippen molar-refractivity contribution in [3.63, 3.8) is 0 Å². The molecule has 2 aromatic rings. The van der Waals surface area contributed by atoms with Crippen LogP contribution in [0.15, 0.2) is 18.2 Å². The van der Waals surface area contributed by atoms with Gasteiger partial charge < -0.3 is 30.0 Å². The number of methoxy groups -OCH3 is 1. The SMILES string of the molecule is CC(C)(C)OC(=O)NCc1nc2ccc(CN3CC(C(F)(F)F)NC3=O)cc2[nH]1.COC(C)(C)C(F)(F)F. The number of alkyl carbamates (subject to hydrolysis) is 1. The van der Waals surface area contributed by atoms with Crippen LogP contribution in [0, 0.1) is 0 Å². The van der Waals surface area contributed by atoms with Crippen molar-refractivity contribution in [3.05, 3.63) is 29.6 Å². The van der Waals surface area contributed by atoms with Gasteiger partial charge in [0.2, 0.25) is 0 Å². The lowest BCUT2D eigenvalue weighted by molar-refractivity contribution is -0.255. The molecule has 1 atom stereocenters. The number of amides is 3. The van der Waals surface area contributed by atoms with Crippen molar-refractivity contribution in [2.24, 2.45) is 0 Å². The van der Waals surface area contributed by atoms with Gasteiger partial charge in [0.25, 0.3) is 0 Å². The number of nitrogens with one attached hydrogen (secondary N) is 3. The topological polar surface area (TPSA) is 109 Å². The Hall–Kier alpha value is -3.23. The van der Waals surface area contributed by atoms with Crippen LogP contribution in [0.4, 0.5) is 35.9 Å². The molecule has 0 aliphatic carbocycles. The summed E-state index contributed by atoms with van der Waals surface area (Å²) < 4.78 is 82.8. The minimum Gasteiger partial charge on any atom is -0.444 e. The first-order valence-electron chi connectivity index (χ1n) is 11.4. The van der Waals surface area contributed by atoms with Gasteiger partial charge in [-0.2, -0.15) is 26.3 Å². The summed E-state index contributed by atoms with van der Waals surface area (Å²) in [7, 11) is 1.04. The van der Waals surface area contributed by atoms with E-state index in [9.17, 15) is 35.9 Å². The number of benzene rings is 1. The number of halogens is 6. The Bertz CT molecular complexity index is 1120. The Labute approximate surface area is 215 Å². The third-order valence-corrected chi connectivity index (χ3v) is 5.34. The van der Waals surface area contributed by atoms with Gasteiger partial charge >= 0.3 is 24.5 Å². The molecule has 1 unspecified atom stereocenters. The van der Waals surface area contributed by atoms with Crippen LogP contribution in [0.3, 0.4) is 0 Å². The molecule has 3 rings (SSSR count). The number of ether oxygens (including phenoxy) is 2. The van der Waals surface area contributed by atoms with Crippen LogP contribution in [0.5, 0.6) is 0 Å². The molecular weight excluding hydrogens is 524 g/mol. The third kappa shape index (κ3) is 8.67. The van der Waals surface area contributed by atoms with Crippen LogP contribution in [-0.2, 0) is 22.6 Å². The summed E-state index contributed by atoms with van der Waals surface area (Å²) in [5, 5.41) is 4.53.